The molecule has 0 fully saturated rings. The quantitative estimate of drug-likeness (QED) is 0.152. The molecule has 190 valence electrons. The van der Waals surface area contributed by atoms with Gasteiger partial charge in [-0.2, -0.15) is 0 Å². The lowest BCUT2D eigenvalue weighted by Crippen LogP contribution is -2.01. The number of aliphatic hydroxyl groups excluding tert-OH is 6. The van der Waals surface area contributed by atoms with Crippen LogP contribution in [0.1, 0.15) is 91.9 Å². The van der Waals surface area contributed by atoms with Crippen LogP contribution >= 0.6 is 0 Å². The summed E-state index contributed by atoms with van der Waals surface area (Å²) in [6.07, 6.45) is 2.30. The molecule has 30 heavy (non-hydrogen) atoms. The number of unbranched alkanes of at least 4 members (excludes halogenated alkanes) is 1. The number of hydrogen-bond donors (Lipinski definition) is 10. The van der Waals surface area contributed by atoms with E-state index in [0.29, 0.717) is 25.7 Å². The molecule has 10 N–H and O–H groups in total. The molecule has 0 amide bonds. The normalized spacial score (nSPS) is 9.80. The van der Waals surface area contributed by atoms with E-state index in [1.54, 1.807) is 0 Å². The maximum atomic E-state index is 8.11. The van der Waals surface area contributed by atoms with Gasteiger partial charge in [-0.1, -0.05) is 53.4 Å². The fraction of sp³-hybridized carbons (Fsp3) is 1.00. The van der Waals surface area contributed by atoms with Crippen LogP contribution in [-0.4, -0.2) is 89.4 Å². The Morgan fingerprint density at radius 1 is 0.400 bits per heavy atom. The van der Waals surface area contributed by atoms with Crippen LogP contribution < -0.4 is 0 Å². The first kappa shape index (κ1) is 40.0. The van der Waals surface area contributed by atoms with Crippen LogP contribution in [0.2, 0.25) is 0 Å². The maximum Gasteiger partial charge on any atom is 0.151 e. The first-order chi connectivity index (χ1) is 14.0. The van der Waals surface area contributed by atoms with Gasteiger partial charge in [-0.05, 0) is 38.5 Å². The minimum atomic E-state index is -1.10. The van der Waals surface area contributed by atoms with Crippen molar-refractivity contribution in [1.82, 2.24) is 0 Å². The van der Waals surface area contributed by atoms with E-state index in [4.69, 9.17) is 51.1 Å². The minimum absolute atomic E-state index is 0.195. The highest BCUT2D eigenvalue weighted by Crippen LogP contribution is 1.89. The van der Waals surface area contributed by atoms with Crippen molar-refractivity contribution in [2.45, 2.75) is 117 Å². The average molecular weight is 451 g/mol. The van der Waals surface area contributed by atoms with E-state index in [-0.39, 0.29) is 13.2 Å². The standard InChI is InChI=1S/5C4H10O2/c4*1-2-3-4(5)6;5-3-1-2-4-6/h4*4-6H,2-3H2,1H3;5-6H,1-4H2. The molecule has 0 radical (unpaired) electrons. The van der Waals surface area contributed by atoms with Gasteiger partial charge in [0.15, 0.2) is 25.2 Å². The van der Waals surface area contributed by atoms with Crippen LogP contribution in [-0.2, 0) is 0 Å². The van der Waals surface area contributed by atoms with E-state index >= 15 is 0 Å². The van der Waals surface area contributed by atoms with Gasteiger partial charge in [0.2, 0.25) is 0 Å². The highest BCUT2D eigenvalue weighted by atomic mass is 16.5. The van der Waals surface area contributed by atoms with Gasteiger partial charge in [-0.15, -0.1) is 0 Å². The van der Waals surface area contributed by atoms with E-state index in [0.717, 1.165) is 38.5 Å². The van der Waals surface area contributed by atoms with E-state index < -0.39 is 25.2 Å². The first-order valence-corrected chi connectivity index (χ1v) is 10.7. The number of aliphatic hydroxyl groups is 10. The third-order valence-corrected chi connectivity index (χ3v) is 2.75. The Bertz CT molecular complexity index is 196. The largest absolute Gasteiger partial charge is 0.396 e. The van der Waals surface area contributed by atoms with Crippen molar-refractivity contribution in [3.8, 4) is 0 Å². The SMILES string of the molecule is CCCC(O)O.CCCC(O)O.CCCC(O)O.CCCC(O)O.OCCCCO. The molecule has 0 unspecified atom stereocenters. The van der Waals surface area contributed by atoms with E-state index in [9.17, 15) is 0 Å². The lowest BCUT2D eigenvalue weighted by Gasteiger charge is -1.94. The minimum Gasteiger partial charge on any atom is -0.396 e. The fourth-order valence-electron chi connectivity index (χ4n) is 1.26. The Labute approximate surface area is 182 Å². The Hall–Kier alpha value is -0.400. The van der Waals surface area contributed by atoms with Crippen molar-refractivity contribution in [1.29, 1.82) is 0 Å². The molecule has 0 saturated carbocycles. The van der Waals surface area contributed by atoms with Crippen molar-refractivity contribution in [2.24, 2.45) is 0 Å². The van der Waals surface area contributed by atoms with Crippen LogP contribution in [0.25, 0.3) is 0 Å². The third-order valence-electron chi connectivity index (χ3n) is 2.75. The molecule has 0 aliphatic rings. The molecule has 0 aliphatic heterocycles. The molecule has 0 saturated heterocycles. The molecule has 0 aromatic heterocycles. The van der Waals surface area contributed by atoms with E-state index in [1.165, 1.54) is 0 Å². The zero-order valence-corrected chi connectivity index (χ0v) is 19.3. The summed E-state index contributed by atoms with van der Waals surface area (Å²) >= 11 is 0. The second kappa shape index (κ2) is 39.1. The molecule has 0 heterocycles. The fourth-order valence-corrected chi connectivity index (χ4v) is 1.26. The molecule has 0 bridgehead atoms. The van der Waals surface area contributed by atoms with Gasteiger partial charge in [0, 0.05) is 13.2 Å². The van der Waals surface area contributed by atoms with Crippen molar-refractivity contribution in [3.05, 3.63) is 0 Å². The van der Waals surface area contributed by atoms with Gasteiger partial charge >= 0.3 is 0 Å². The van der Waals surface area contributed by atoms with Crippen LogP contribution in [0.3, 0.4) is 0 Å². The van der Waals surface area contributed by atoms with Crippen molar-refractivity contribution in [2.75, 3.05) is 13.2 Å². The van der Waals surface area contributed by atoms with Crippen molar-refractivity contribution in [3.63, 3.8) is 0 Å². The Morgan fingerprint density at radius 2 is 0.567 bits per heavy atom. The Morgan fingerprint density at radius 3 is 0.600 bits per heavy atom. The summed E-state index contributed by atoms with van der Waals surface area (Å²) < 4.78 is 0. The van der Waals surface area contributed by atoms with E-state index in [1.807, 2.05) is 27.7 Å². The predicted molar refractivity (Wildman–Crippen MR) is 116 cm³/mol. The molecule has 10 nitrogen and oxygen atoms in total. The van der Waals surface area contributed by atoms with Gasteiger partial charge < -0.3 is 51.1 Å². The topological polar surface area (TPSA) is 202 Å². The summed E-state index contributed by atoms with van der Waals surface area (Å²) in [5.74, 6) is 0. The Balaban J connectivity index is -0.0000000868. The molecule has 0 rings (SSSR count). The first-order valence-electron chi connectivity index (χ1n) is 10.7. The van der Waals surface area contributed by atoms with Crippen molar-refractivity contribution < 1.29 is 51.1 Å². The molecule has 0 aliphatic carbocycles. The zero-order chi connectivity index (χ0) is 24.8. The maximum absolute atomic E-state index is 8.11. The predicted octanol–water partition coefficient (Wildman–Crippen LogP) is 0.140. The molecule has 0 aromatic carbocycles. The smallest absolute Gasteiger partial charge is 0.151 e. The van der Waals surface area contributed by atoms with Crippen molar-refractivity contribution >= 4 is 0 Å². The summed E-state index contributed by atoms with van der Waals surface area (Å²) in [5.41, 5.74) is 0. The zero-order valence-electron chi connectivity index (χ0n) is 19.3. The molecule has 0 spiro atoms. The van der Waals surface area contributed by atoms with Crippen LogP contribution in [0.4, 0.5) is 0 Å². The molecule has 0 atom stereocenters. The van der Waals surface area contributed by atoms with Gasteiger partial charge in [-0.3, -0.25) is 0 Å². The summed E-state index contributed by atoms with van der Waals surface area (Å²) in [4.78, 5) is 0. The monoisotopic (exact) mass is 450 g/mol. The second-order valence-electron chi connectivity index (χ2n) is 6.23. The molecular weight excluding hydrogens is 400 g/mol. The number of rotatable bonds is 11. The van der Waals surface area contributed by atoms with Gasteiger partial charge in [0.1, 0.15) is 0 Å². The van der Waals surface area contributed by atoms with Crippen LogP contribution in [0.15, 0.2) is 0 Å². The van der Waals surface area contributed by atoms with Gasteiger partial charge in [0.25, 0.3) is 0 Å². The highest BCUT2D eigenvalue weighted by molar-refractivity contribution is 4.33. The summed E-state index contributed by atoms with van der Waals surface area (Å²) in [6.45, 7) is 8.00. The van der Waals surface area contributed by atoms with Crippen LogP contribution in [0, 0.1) is 0 Å². The lowest BCUT2D eigenvalue weighted by molar-refractivity contribution is -0.0460. The molecular formula is C20H50O10. The summed E-state index contributed by atoms with van der Waals surface area (Å²) in [5, 5.41) is 81.0. The molecule has 0 aromatic rings. The molecule has 10 heteroatoms. The summed E-state index contributed by atoms with van der Waals surface area (Å²) in [6, 6.07) is 0. The number of hydrogen-bond acceptors (Lipinski definition) is 10. The summed E-state index contributed by atoms with van der Waals surface area (Å²) in [7, 11) is 0. The Kier molecular flexibility index (Phi) is 52.2. The lowest BCUT2D eigenvalue weighted by atomic mass is 10.3. The average Bonchev–Trinajstić information content (AvgIpc) is 2.61. The van der Waals surface area contributed by atoms with Crippen LogP contribution in [0.5, 0.6) is 0 Å². The third kappa shape index (κ3) is 91.6. The van der Waals surface area contributed by atoms with E-state index in [2.05, 4.69) is 0 Å². The van der Waals surface area contributed by atoms with Gasteiger partial charge in [-0.25, -0.2) is 0 Å². The highest BCUT2D eigenvalue weighted by Gasteiger charge is 1.90. The van der Waals surface area contributed by atoms with Gasteiger partial charge in [0.05, 0.1) is 0 Å². The second-order valence-corrected chi connectivity index (χ2v) is 6.23.